The lowest BCUT2D eigenvalue weighted by molar-refractivity contribution is -0.142. The lowest BCUT2D eigenvalue weighted by Crippen LogP contribution is -2.20. The summed E-state index contributed by atoms with van der Waals surface area (Å²) in [7, 11) is 1.53. The van der Waals surface area contributed by atoms with Gasteiger partial charge in [0.1, 0.15) is 5.75 Å². The molecule has 2 aromatic rings. The highest BCUT2D eigenvalue weighted by Crippen LogP contribution is 2.23. The van der Waals surface area contributed by atoms with Crippen molar-refractivity contribution in [1.29, 1.82) is 0 Å². The number of amides is 1. The molecule has 0 spiro atoms. The topological polar surface area (TPSA) is 64.6 Å². The summed E-state index contributed by atoms with van der Waals surface area (Å²) in [6.07, 6.45) is 2.73. The summed E-state index contributed by atoms with van der Waals surface area (Å²) < 4.78 is 9.94. The van der Waals surface area contributed by atoms with Crippen LogP contribution in [0.15, 0.2) is 48.5 Å². The molecule has 0 bridgehead atoms. The minimum absolute atomic E-state index is 0.384. The second-order valence-electron chi connectivity index (χ2n) is 4.89. The van der Waals surface area contributed by atoms with E-state index in [0.717, 1.165) is 0 Å². The summed E-state index contributed by atoms with van der Waals surface area (Å²) in [6, 6.07) is 11.8. The number of nitrogens with one attached hydrogen (secondary N) is 1. The Morgan fingerprint density at radius 2 is 1.92 bits per heavy atom. The Morgan fingerprint density at radius 1 is 1.12 bits per heavy atom. The van der Waals surface area contributed by atoms with Crippen molar-refractivity contribution >= 4 is 46.8 Å². The molecule has 1 amide bonds. The minimum Gasteiger partial charge on any atom is -0.497 e. The van der Waals surface area contributed by atoms with Crippen molar-refractivity contribution in [3.05, 3.63) is 64.1 Å². The minimum atomic E-state index is -0.646. The van der Waals surface area contributed by atoms with Gasteiger partial charge in [0.25, 0.3) is 5.91 Å². The van der Waals surface area contributed by atoms with Gasteiger partial charge in [0.15, 0.2) is 6.61 Å². The second kappa shape index (κ2) is 9.11. The van der Waals surface area contributed by atoms with Gasteiger partial charge in [-0.2, -0.15) is 0 Å². The molecule has 0 atom stereocenters. The van der Waals surface area contributed by atoms with Crippen LogP contribution >= 0.6 is 23.2 Å². The molecule has 0 saturated carbocycles. The summed E-state index contributed by atoms with van der Waals surface area (Å²) in [6.45, 7) is -0.401. The number of carbonyl (C=O) groups is 2. The van der Waals surface area contributed by atoms with Crippen LogP contribution in [0.3, 0.4) is 0 Å². The van der Waals surface area contributed by atoms with Crippen LogP contribution < -0.4 is 10.1 Å². The van der Waals surface area contributed by atoms with Crippen LogP contribution in [-0.4, -0.2) is 25.6 Å². The van der Waals surface area contributed by atoms with Gasteiger partial charge in [0, 0.05) is 17.8 Å². The third-order valence-corrected chi connectivity index (χ3v) is 3.79. The largest absolute Gasteiger partial charge is 0.497 e. The van der Waals surface area contributed by atoms with Gasteiger partial charge >= 0.3 is 5.97 Å². The van der Waals surface area contributed by atoms with E-state index in [1.165, 1.54) is 19.3 Å². The van der Waals surface area contributed by atoms with Crippen LogP contribution in [-0.2, 0) is 14.3 Å². The van der Waals surface area contributed by atoms with Crippen LogP contribution in [0.2, 0.25) is 10.0 Å². The van der Waals surface area contributed by atoms with E-state index in [1.54, 1.807) is 42.5 Å². The normalized spacial score (nSPS) is 10.5. The molecule has 2 aromatic carbocycles. The first-order chi connectivity index (χ1) is 12.0. The number of hydrogen-bond donors (Lipinski definition) is 1. The van der Waals surface area contributed by atoms with Crippen molar-refractivity contribution in [3.8, 4) is 5.75 Å². The molecule has 0 radical (unpaired) electrons. The van der Waals surface area contributed by atoms with E-state index < -0.39 is 18.5 Å². The van der Waals surface area contributed by atoms with Gasteiger partial charge in [-0.3, -0.25) is 4.79 Å². The Bertz CT molecular complexity index is 805. The van der Waals surface area contributed by atoms with Gasteiger partial charge in [0.05, 0.1) is 17.2 Å². The predicted octanol–water partition coefficient (Wildman–Crippen LogP) is 4.20. The van der Waals surface area contributed by atoms with Gasteiger partial charge in [-0.1, -0.05) is 35.3 Å². The van der Waals surface area contributed by atoms with E-state index in [9.17, 15) is 9.59 Å². The Kier molecular flexibility index (Phi) is 6.86. The molecule has 0 aliphatic heterocycles. The standard InChI is InChI=1S/C18H15Cl2NO4/c1-24-14-4-2-3-13(10-14)21-17(22)11-25-18(23)8-6-12-5-7-15(19)16(20)9-12/h2-10H,11H2,1H3,(H,21,22)/b8-6+. The Balaban J connectivity index is 1.83. The number of anilines is 1. The highest BCUT2D eigenvalue weighted by molar-refractivity contribution is 6.42. The second-order valence-corrected chi connectivity index (χ2v) is 5.71. The highest BCUT2D eigenvalue weighted by atomic mass is 35.5. The molecule has 5 nitrogen and oxygen atoms in total. The molecule has 1 N–H and O–H groups in total. The van der Waals surface area contributed by atoms with Crippen molar-refractivity contribution in [2.24, 2.45) is 0 Å². The average Bonchev–Trinajstić information content (AvgIpc) is 2.61. The van der Waals surface area contributed by atoms with Crippen molar-refractivity contribution < 1.29 is 19.1 Å². The first-order valence-electron chi connectivity index (χ1n) is 7.22. The summed E-state index contributed by atoms with van der Waals surface area (Å²) in [5.41, 5.74) is 1.24. The Labute approximate surface area is 155 Å². The fourth-order valence-electron chi connectivity index (χ4n) is 1.86. The van der Waals surface area contributed by atoms with Crippen LogP contribution in [0, 0.1) is 0 Å². The maximum Gasteiger partial charge on any atom is 0.331 e. The van der Waals surface area contributed by atoms with Gasteiger partial charge in [-0.05, 0) is 35.9 Å². The number of hydrogen-bond acceptors (Lipinski definition) is 4. The third-order valence-electron chi connectivity index (χ3n) is 3.05. The maximum absolute atomic E-state index is 11.8. The fourth-order valence-corrected chi connectivity index (χ4v) is 2.17. The highest BCUT2D eigenvalue weighted by Gasteiger charge is 2.06. The molecule has 0 unspecified atom stereocenters. The lowest BCUT2D eigenvalue weighted by atomic mass is 10.2. The molecular formula is C18H15Cl2NO4. The zero-order chi connectivity index (χ0) is 18.2. The Hall–Kier alpha value is -2.50. The number of esters is 1. The SMILES string of the molecule is COc1cccc(NC(=O)COC(=O)/C=C/c2ccc(Cl)c(Cl)c2)c1. The molecule has 130 valence electrons. The molecule has 25 heavy (non-hydrogen) atoms. The van der Waals surface area contributed by atoms with Crippen molar-refractivity contribution in [2.75, 3.05) is 19.0 Å². The Morgan fingerprint density at radius 3 is 2.64 bits per heavy atom. The van der Waals surface area contributed by atoms with Crippen molar-refractivity contribution in [2.45, 2.75) is 0 Å². The van der Waals surface area contributed by atoms with Crippen molar-refractivity contribution in [3.63, 3.8) is 0 Å². The van der Waals surface area contributed by atoms with Crippen molar-refractivity contribution in [1.82, 2.24) is 0 Å². The summed E-state index contributed by atoms with van der Waals surface area (Å²) in [4.78, 5) is 23.4. The monoisotopic (exact) mass is 379 g/mol. The number of methoxy groups -OCH3 is 1. The number of benzene rings is 2. The van der Waals surface area contributed by atoms with E-state index in [-0.39, 0.29) is 0 Å². The van der Waals surface area contributed by atoms with E-state index in [4.69, 9.17) is 32.7 Å². The molecule has 0 aromatic heterocycles. The van der Waals surface area contributed by atoms with Gasteiger partial charge in [0.2, 0.25) is 0 Å². The first-order valence-corrected chi connectivity index (χ1v) is 7.97. The first kappa shape index (κ1) is 18.8. The van der Waals surface area contributed by atoms with Gasteiger partial charge in [-0.15, -0.1) is 0 Å². The molecule has 0 aliphatic rings. The molecule has 0 aliphatic carbocycles. The van der Waals surface area contributed by atoms with Crippen LogP contribution in [0.25, 0.3) is 6.08 Å². The summed E-state index contributed by atoms with van der Waals surface area (Å²) in [5.74, 6) is -0.490. The number of rotatable bonds is 6. The van der Waals surface area contributed by atoms with Crippen LogP contribution in [0.1, 0.15) is 5.56 Å². The van der Waals surface area contributed by atoms with Crippen LogP contribution in [0.5, 0.6) is 5.75 Å². The molecular weight excluding hydrogens is 365 g/mol. The molecule has 0 saturated heterocycles. The quantitative estimate of drug-likeness (QED) is 0.603. The van der Waals surface area contributed by atoms with Gasteiger partial charge in [-0.25, -0.2) is 4.79 Å². The molecule has 2 rings (SSSR count). The third kappa shape index (κ3) is 6.14. The fraction of sp³-hybridized carbons (Fsp3) is 0.111. The lowest BCUT2D eigenvalue weighted by Gasteiger charge is -2.07. The summed E-state index contributed by atoms with van der Waals surface area (Å²) in [5, 5.41) is 3.42. The predicted molar refractivity (Wildman–Crippen MR) is 98.1 cm³/mol. The van der Waals surface area contributed by atoms with Gasteiger partial charge < -0.3 is 14.8 Å². The van der Waals surface area contributed by atoms with E-state index in [0.29, 0.717) is 27.0 Å². The zero-order valence-corrected chi connectivity index (χ0v) is 14.8. The average molecular weight is 380 g/mol. The number of carbonyl (C=O) groups excluding carboxylic acids is 2. The maximum atomic E-state index is 11.8. The number of halogens is 2. The van der Waals surface area contributed by atoms with E-state index >= 15 is 0 Å². The zero-order valence-electron chi connectivity index (χ0n) is 13.3. The molecule has 0 fully saturated rings. The number of ether oxygens (including phenoxy) is 2. The molecule has 7 heteroatoms. The van der Waals surface area contributed by atoms with Crippen LogP contribution in [0.4, 0.5) is 5.69 Å². The van der Waals surface area contributed by atoms with E-state index in [1.807, 2.05) is 0 Å². The summed E-state index contributed by atoms with van der Waals surface area (Å²) >= 11 is 11.7. The van der Waals surface area contributed by atoms with E-state index in [2.05, 4.69) is 5.32 Å². The smallest absolute Gasteiger partial charge is 0.331 e. The molecule has 0 heterocycles.